The summed E-state index contributed by atoms with van der Waals surface area (Å²) in [6.45, 7) is 2.40. The Labute approximate surface area is 109 Å². The maximum absolute atomic E-state index is 11.3. The zero-order valence-corrected chi connectivity index (χ0v) is 10.3. The van der Waals surface area contributed by atoms with E-state index in [2.05, 4.69) is 5.32 Å². The molecule has 0 saturated carbocycles. The highest BCUT2D eigenvalue weighted by atomic mass is 16.7. The van der Waals surface area contributed by atoms with Crippen LogP contribution in [0.15, 0.2) is 24.3 Å². The number of hydrogen-bond acceptors (Lipinski definition) is 4. The van der Waals surface area contributed by atoms with Gasteiger partial charge in [-0.2, -0.15) is 0 Å². The highest BCUT2D eigenvalue weighted by Gasteiger charge is 2.15. The van der Waals surface area contributed by atoms with Crippen LogP contribution < -0.4 is 14.8 Å². The maximum Gasteiger partial charge on any atom is 0.328 e. The van der Waals surface area contributed by atoms with Gasteiger partial charge < -0.3 is 19.9 Å². The van der Waals surface area contributed by atoms with Crippen LogP contribution in [0.25, 0.3) is 0 Å². The summed E-state index contributed by atoms with van der Waals surface area (Å²) in [5.74, 6) is -0.275. The average molecular weight is 263 g/mol. The summed E-state index contributed by atoms with van der Waals surface area (Å²) in [4.78, 5) is 21.6. The molecule has 0 atom stereocenters. The molecule has 2 rings (SSSR count). The van der Waals surface area contributed by atoms with Gasteiger partial charge in [0.25, 0.3) is 0 Å². The van der Waals surface area contributed by atoms with Crippen molar-refractivity contribution in [3.8, 4) is 11.5 Å². The quantitative estimate of drug-likeness (QED) is 0.791. The molecule has 1 aliphatic heterocycles. The third kappa shape index (κ3) is 3.25. The molecule has 1 aliphatic rings. The third-order valence-electron chi connectivity index (χ3n) is 2.66. The van der Waals surface area contributed by atoms with Crippen molar-refractivity contribution in [2.45, 2.75) is 13.5 Å². The number of hydrogen-bond donors (Lipinski definition) is 2. The Balaban J connectivity index is 2.00. The molecule has 0 bridgehead atoms. The highest BCUT2D eigenvalue weighted by molar-refractivity contribution is 5.93. The summed E-state index contributed by atoms with van der Waals surface area (Å²) in [6, 6.07) is 3.65. The van der Waals surface area contributed by atoms with Crippen molar-refractivity contribution in [2.75, 3.05) is 6.79 Å². The van der Waals surface area contributed by atoms with E-state index in [-0.39, 0.29) is 6.79 Å². The predicted octanol–water partition coefficient (Wildman–Crippen LogP) is 0.981. The molecule has 0 radical (unpaired) electrons. The summed E-state index contributed by atoms with van der Waals surface area (Å²) in [5.41, 5.74) is 1.85. The second-order valence-electron chi connectivity index (χ2n) is 4.02. The third-order valence-corrected chi connectivity index (χ3v) is 2.66. The van der Waals surface area contributed by atoms with Gasteiger partial charge in [-0.25, -0.2) is 4.79 Å². The average Bonchev–Trinajstić information content (AvgIpc) is 2.80. The van der Waals surface area contributed by atoms with Crippen LogP contribution in [0.1, 0.15) is 11.1 Å². The molecule has 0 saturated heterocycles. The van der Waals surface area contributed by atoms with Gasteiger partial charge >= 0.3 is 5.97 Å². The molecule has 0 fully saturated rings. The fourth-order valence-corrected chi connectivity index (χ4v) is 1.66. The Morgan fingerprint density at radius 3 is 2.68 bits per heavy atom. The molecule has 1 heterocycles. The van der Waals surface area contributed by atoms with Gasteiger partial charge in [0, 0.05) is 18.7 Å². The van der Waals surface area contributed by atoms with Gasteiger partial charge in [0.2, 0.25) is 12.7 Å². The van der Waals surface area contributed by atoms with Crippen LogP contribution in [0.2, 0.25) is 0 Å². The van der Waals surface area contributed by atoms with E-state index in [9.17, 15) is 9.59 Å². The van der Waals surface area contributed by atoms with E-state index >= 15 is 0 Å². The number of aliphatic carboxylic acids is 1. The minimum atomic E-state index is -1.16. The molecule has 6 nitrogen and oxygen atoms in total. The molecule has 0 aromatic heterocycles. The number of fused-ring (bicyclic) bond motifs is 1. The van der Waals surface area contributed by atoms with Crippen LogP contribution in [-0.4, -0.2) is 23.8 Å². The SMILES string of the molecule is Cc1cc2c(cc1CNC(=O)/C=C/C(=O)O)OCO2. The Hall–Kier alpha value is -2.50. The number of rotatable bonds is 4. The molecule has 0 spiro atoms. The number of carboxylic acids is 1. The molecule has 1 amide bonds. The van der Waals surface area contributed by atoms with Crippen molar-refractivity contribution >= 4 is 11.9 Å². The maximum atomic E-state index is 11.3. The second-order valence-corrected chi connectivity index (χ2v) is 4.02. The first-order chi connectivity index (χ1) is 9.06. The Bertz CT molecular complexity index is 550. The predicted molar refractivity (Wildman–Crippen MR) is 65.9 cm³/mol. The molecule has 6 heteroatoms. The molecule has 2 N–H and O–H groups in total. The molecule has 0 aliphatic carbocycles. The minimum absolute atomic E-state index is 0.200. The second kappa shape index (κ2) is 5.43. The largest absolute Gasteiger partial charge is 0.478 e. The number of amides is 1. The lowest BCUT2D eigenvalue weighted by molar-refractivity contribution is -0.131. The number of aryl methyl sites for hydroxylation is 1. The first-order valence-electron chi connectivity index (χ1n) is 5.64. The van der Waals surface area contributed by atoms with Gasteiger partial charge in [-0.15, -0.1) is 0 Å². The normalized spacial score (nSPS) is 12.7. The van der Waals surface area contributed by atoms with E-state index in [4.69, 9.17) is 14.6 Å². The van der Waals surface area contributed by atoms with Gasteiger partial charge in [-0.1, -0.05) is 0 Å². The zero-order valence-electron chi connectivity index (χ0n) is 10.3. The van der Waals surface area contributed by atoms with Crippen LogP contribution in [0.4, 0.5) is 0 Å². The van der Waals surface area contributed by atoms with E-state index in [0.29, 0.717) is 18.0 Å². The van der Waals surface area contributed by atoms with E-state index in [1.54, 1.807) is 6.07 Å². The lowest BCUT2D eigenvalue weighted by Gasteiger charge is -2.08. The highest BCUT2D eigenvalue weighted by Crippen LogP contribution is 2.34. The monoisotopic (exact) mass is 263 g/mol. The van der Waals surface area contributed by atoms with E-state index < -0.39 is 11.9 Å². The van der Waals surface area contributed by atoms with Gasteiger partial charge in [0.15, 0.2) is 11.5 Å². The van der Waals surface area contributed by atoms with Crippen molar-refractivity contribution < 1.29 is 24.2 Å². The Morgan fingerprint density at radius 2 is 2.00 bits per heavy atom. The lowest BCUT2D eigenvalue weighted by Crippen LogP contribution is -2.21. The molecular weight excluding hydrogens is 250 g/mol. The summed E-state index contributed by atoms with van der Waals surface area (Å²) >= 11 is 0. The van der Waals surface area contributed by atoms with Crippen molar-refractivity contribution in [3.63, 3.8) is 0 Å². The molecular formula is C13H13NO5. The number of nitrogens with one attached hydrogen (secondary N) is 1. The Morgan fingerprint density at radius 1 is 1.32 bits per heavy atom. The van der Waals surface area contributed by atoms with Crippen LogP contribution in [0.3, 0.4) is 0 Å². The molecule has 0 unspecified atom stereocenters. The van der Waals surface area contributed by atoms with E-state index in [1.165, 1.54) is 0 Å². The Kier molecular flexibility index (Phi) is 3.70. The van der Waals surface area contributed by atoms with Crippen LogP contribution in [0.5, 0.6) is 11.5 Å². The van der Waals surface area contributed by atoms with Crippen molar-refractivity contribution in [1.82, 2.24) is 5.32 Å². The van der Waals surface area contributed by atoms with Gasteiger partial charge in [-0.05, 0) is 30.2 Å². The standard InChI is InChI=1S/C13H13NO5/c1-8-4-10-11(19-7-18-10)5-9(8)6-14-12(15)2-3-13(16)17/h2-5H,6-7H2,1H3,(H,14,15)(H,16,17)/b3-2+. The number of carboxylic acid groups (broad SMARTS) is 1. The fourth-order valence-electron chi connectivity index (χ4n) is 1.66. The lowest BCUT2D eigenvalue weighted by atomic mass is 10.1. The fraction of sp³-hybridized carbons (Fsp3) is 0.231. The van der Waals surface area contributed by atoms with Crippen LogP contribution in [0, 0.1) is 6.92 Å². The molecule has 100 valence electrons. The topological polar surface area (TPSA) is 84.9 Å². The summed E-state index contributed by atoms with van der Waals surface area (Å²) < 4.78 is 10.5. The van der Waals surface area contributed by atoms with Crippen molar-refractivity contribution in [3.05, 3.63) is 35.4 Å². The van der Waals surface area contributed by atoms with E-state index in [0.717, 1.165) is 23.3 Å². The molecule has 1 aromatic carbocycles. The molecule has 1 aromatic rings. The van der Waals surface area contributed by atoms with Crippen molar-refractivity contribution in [2.24, 2.45) is 0 Å². The smallest absolute Gasteiger partial charge is 0.328 e. The number of ether oxygens (including phenoxy) is 2. The summed E-state index contributed by atoms with van der Waals surface area (Å²) in [7, 11) is 0. The van der Waals surface area contributed by atoms with Crippen LogP contribution >= 0.6 is 0 Å². The number of carbonyl (C=O) groups is 2. The van der Waals surface area contributed by atoms with E-state index in [1.807, 2.05) is 13.0 Å². The first kappa shape index (κ1) is 12.9. The number of benzene rings is 1. The molecule has 19 heavy (non-hydrogen) atoms. The summed E-state index contributed by atoms with van der Waals surface area (Å²) in [6.07, 6.45) is 1.77. The summed E-state index contributed by atoms with van der Waals surface area (Å²) in [5, 5.41) is 11.0. The first-order valence-corrected chi connectivity index (χ1v) is 5.64. The minimum Gasteiger partial charge on any atom is -0.478 e. The van der Waals surface area contributed by atoms with Crippen LogP contribution in [-0.2, 0) is 16.1 Å². The number of carbonyl (C=O) groups excluding carboxylic acids is 1. The van der Waals surface area contributed by atoms with Gasteiger partial charge in [0.1, 0.15) is 0 Å². The zero-order chi connectivity index (χ0) is 13.8. The van der Waals surface area contributed by atoms with Gasteiger partial charge in [-0.3, -0.25) is 4.79 Å². The van der Waals surface area contributed by atoms with Crippen molar-refractivity contribution in [1.29, 1.82) is 0 Å². The van der Waals surface area contributed by atoms with Gasteiger partial charge in [0.05, 0.1) is 0 Å².